The molecule has 2 heterocycles. The summed E-state index contributed by atoms with van der Waals surface area (Å²) in [5.74, 6) is 0. The topological polar surface area (TPSA) is 25.8 Å². The molecular weight excluding hydrogens is 378 g/mol. The molecule has 2 aromatic heterocycles. The molecule has 0 bridgehead atoms. The van der Waals surface area contributed by atoms with E-state index >= 15 is 0 Å². The van der Waals surface area contributed by atoms with Crippen molar-refractivity contribution in [2.75, 3.05) is 0 Å². The van der Waals surface area contributed by atoms with Crippen molar-refractivity contribution in [1.29, 1.82) is 0 Å². The van der Waals surface area contributed by atoms with Gasteiger partial charge in [-0.1, -0.05) is 0 Å². The normalized spacial score (nSPS) is 10.8. The van der Waals surface area contributed by atoms with Gasteiger partial charge >= 0.3 is 134 Å². The zero-order valence-electron chi connectivity index (χ0n) is 12.4. The van der Waals surface area contributed by atoms with Crippen molar-refractivity contribution in [2.24, 2.45) is 0 Å². The SMILES string of the molecule is Cc1cnc([Se]CC[Se]c2cc(C)c(C)cn2)cc1C. The van der Waals surface area contributed by atoms with Crippen LogP contribution in [0.1, 0.15) is 22.3 Å². The molecule has 2 aromatic rings. The Hall–Kier alpha value is -0.661. The van der Waals surface area contributed by atoms with Gasteiger partial charge in [-0.05, 0) is 0 Å². The molecule has 106 valence electrons. The Balaban J connectivity index is 1.81. The summed E-state index contributed by atoms with van der Waals surface area (Å²) in [6.45, 7) is 8.57. The summed E-state index contributed by atoms with van der Waals surface area (Å²) >= 11 is 1.000. The molecule has 0 aliphatic carbocycles. The fourth-order valence-electron chi connectivity index (χ4n) is 1.65. The molecule has 0 aliphatic rings. The Morgan fingerprint density at radius 3 is 1.45 bits per heavy atom. The van der Waals surface area contributed by atoms with Gasteiger partial charge in [0, 0.05) is 0 Å². The molecule has 0 aromatic carbocycles. The summed E-state index contributed by atoms with van der Waals surface area (Å²) < 4.78 is 2.56. The maximum atomic E-state index is 4.53. The van der Waals surface area contributed by atoms with E-state index in [2.05, 4.69) is 49.8 Å². The first-order valence-electron chi connectivity index (χ1n) is 6.68. The van der Waals surface area contributed by atoms with Gasteiger partial charge in [0.05, 0.1) is 0 Å². The Bertz CT molecular complexity index is 544. The average molecular weight is 398 g/mol. The third-order valence-corrected chi connectivity index (χ3v) is 8.48. The number of hydrogen-bond donors (Lipinski definition) is 0. The molecule has 0 spiro atoms. The summed E-state index contributed by atoms with van der Waals surface area (Å²) in [6, 6.07) is 4.49. The van der Waals surface area contributed by atoms with Gasteiger partial charge in [-0.15, -0.1) is 0 Å². The molecule has 0 fully saturated rings. The summed E-state index contributed by atoms with van der Waals surface area (Å²) in [4.78, 5) is 9.06. The van der Waals surface area contributed by atoms with Crippen molar-refractivity contribution < 1.29 is 0 Å². The van der Waals surface area contributed by atoms with E-state index < -0.39 is 0 Å². The molecule has 20 heavy (non-hydrogen) atoms. The van der Waals surface area contributed by atoms with Gasteiger partial charge in [-0.25, -0.2) is 0 Å². The fourth-order valence-corrected chi connectivity index (χ4v) is 6.32. The molecule has 2 nitrogen and oxygen atoms in total. The van der Waals surface area contributed by atoms with Crippen LogP contribution in [0.2, 0.25) is 10.6 Å². The third-order valence-electron chi connectivity index (χ3n) is 3.28. The van der Waals surface area contributed by atoms with Crippen molar-refractivity contribution >= 4 is 39.1 Å². The second-order valence-electron chi connectivity index (χ2n) is 4.91. The Morgan fingerprint density at radius 2 is 1.10 bits per heavy atom. The molecule has 0 saturated heterocycles. The monoisotopic (exact) mass is 400 g/mol. The van der Waals surface area contributed by atoms with Crippen molar-refractivity contribution in [3.63, 3.8) is 0 Å². The number of hydrogen-bond acceptors (Lipinski definition) is 2. The summed E-state index contributed by atoms with van der Waals surface area (Å²) in [7, 11) is 0. The number of rotatable bonds is 5. The first kappa shape index (κ1) is 15.7. The fraction of sp³-hybridized carbons (Fsp3) is 0.375. The second kappa shape index (κ2) is 7.38. The Morgan fingerprint density at radius 1 is 0.700 bits per heavy atom. The average Bonchev–Trinajstić information content (AvgIpc) is 2.42. The van der Waals surface area contributed by atoms with Gasteiger partial charge in [-0.3, -0.25) is 0 Å². The molecule has 0 N–H and O–H groups in total. The first-order valence-corrected chi connectivity index (χ1v) is 10.8. The Labute approximate surface area is 134 Å². The van der Waals surface area contributed by atoms with Crippen LogP contribution in [0.5, 0.6) is 0 Å². The van der Waals surface area contributed by atoms with Gasteiger partial charge in [0.25, 0.3) is 0 Å². The Kier molecular flexibility index (Phi) is 5.80. The van der Waals surface area contributed by atoms with Gasteiger partial charge in [0.2, 0.25) is 0 Å². The summed E-state index contributed by atoms with van der Waals surface area (Å²) in [5, 5.41) is 2.52. The quantitative estimate of drug-likeness (QED) is 0.568. The molecule has 4 heteroatoms. The van der Waals surface area contributed by atoms with E-state index in [0.29, 0.717) is 29.9 Å². The van der Waals surface area contributed by atoms with Crippen molar-refractivity contribution in [1.82, 2.24) is 9.97 Å². The number of aromatic nitrogens is 2. The van der Waals surface area contributed by atoms with Crippen LogP contribution < -0.4 is 9.18 Å². The van der Waals surface area contributed by atoms with Crippen LogP contribution >= 0.6 is 0 Å². The predicted octanol–water partition coefficient (Wildman–Crippen LogP) is 1.91. The van der Waals surface area contributed by atoms with Crippen LogP contribution in [0.15, 0.2) is 24.5 Å². The van der Waals surface area contributed by atoms with Crippen LogP contribution in [0, 0.1) is 27.7 Å². The maximum absolute atomic E-state index is 4.53. The van der Waals surface area contributed by atoms with Gasteiger partial charge < -0.3 is 0 Å². The minimum absolute atomic E-state index is 0.500. The molecule has 0 saturated carbocycles. The van der Waals surface area contributed by atoms with E-state index in [1.54, 1.807) is 0 Å². The minimum atomic E-state index is 0.500. The zero-order valence-corrected chi connectivity index (χ0v) is 15.9. The standard InChI is InChI=1S/C16H20N2Se2/c1-11-7-15(17-9-13(11)3)19-5-6-20-16-8-12(2)14(4)10-18-16/h7-10H,5-6H2,1-4H3. The van der Waals surface area contributed by atoms with E-state index in [-0.39, 0.29) is 0 Å². The van der Waals surface area contributed by atoms with Gasteiger partial charge in [0.15, 0.2) is 0 Å². The molecule has 2 rings (SSSR count). The van der Waals surface area contributed by atoms with E-state index in [9.17, 15) is 0 Å². The van der Waals surface area contributed by atoms with E-state index in [1.165, 1.54) is 42.1 Å². The van der Waals surface area contributed by atoms with Crippen LogP contribution in [0.25, 0.3) is 0 Å². The van der Waals surface area contributed by atoms with E-state index in [4.69, 9.17) is 0 Å². The molecule has 0 amide bonds. The second-order valence-corrected chi connectivity index (χ2v) is 9.59. The zero-order chi connectivity index (χ0) is 14.5. The molecule has 0 atom stereocenters. The third kappa shape index (κ3) is 4.43. The van der Waals surface area contributed by atoms with E-state index in [0.717, 1.165) is 0 Å². The predicted molar refractivity (Wildman–Crippen MR) is 87.8 cm³/mol. The molecular formula is C16H20N2Se2. The van der Waals surface area contributed by atoms with Crippen molar-refractivity contribution in [3.05, 3.63) is 46.8 Å². The summed E-state index contributed by atoms with van der Waals surface area (Å²) in [6.07, 6.45) is 4.00. The van der Waals surface area contributed by atoms with Crippen LogP contribution in [-0.2, 0) is 0 Å². The number of nitrogens with zero attached hydrogens (tertiary/aromatic N) is 2. The number of pyridine rings is 2. The molecule has 0 aliphatic heterocycles. The summed E-state index contributed by atoms with van der Waals surface area (Å²) in [5.41, 5.74) is 5.29. The molecule has 0 unspecified atom stereocenters. The number of aryl methyl sites for hydroxylation is 4. The van der Waals surface area contributed by atoms with Crippen molar-refractivity contribution in [3.8, 4) is 0 Å². The first-order chi connectivity index (χ1) is 9.56. The van der Waals surface area contributed by atoms with Gasteiger partial charge in [-0.2, -0.15) is 0 Å². The van der Waals surface area contributed by atoms with Gasteiger partial charge in [0.1, 0.15) is 0 Å². The molecule has 0 radical (unpaired) electrons. The van der Waals surface area contributed by atoms with Crippen LogP contribution in [0.3, 0.4) is 0 Å². The van der Waals surface area contributed by atoms with Crippen LogP contribution in [-0.4, -0.2) is 39.9 Å². The van der Waals surface area contributed by atoms with E-state index in [1.807, 2.05) is 12.4 Å². The van der Waals surface area contributed by atoms with Crippen molar-refractivity contribution in [2.45, 2.75) is 38.3 Å². The van der Waals surface area contributed by atoms with Crippen LogP contribution in [0.4, 0.5) is 0 Å².